The summed E-state index contributed by atoms with van der Waals surface area (Å²) in [7, 11) is 0. The molecule has 2 aromatic rings. The molecule has 0 bridgehead atoms. The lowest BCUT2D eigenvalue weighted by molar-refractivity contribution is -0.140. The third-order valence-corrected chi connectivity index (χ3v) is 7.02. The zero-order chi connectivity index (χ0) is 27.4. The molecule has 2 nitrogen and oxygen atoms in total. The lowest BCUT2D eigenvalue weighted by Gasteiger charge is -2.20. The fraction of sp³-hybridized carbons (Fsp3) is 0.400. The Morgan fingerprint density at radius 3 is 2.17 bits per heavy atom. The normalized spacial score (nSPS) is 14.5. The van der Waals surface area contributed by atoms with E-state index in [-0.39, 0.29) is 16.7 Å². The van der Waals surface area contributed by atoms with E-state index in [2.05, 4.69) is 5.32 Å². The van der Waals surface area contributed by atoms with Gasteiger partial charge in [-0.3, -0.25) is 4.79 Å². The largest absolute Gasteiger partial charge is 0.417 e. The summed E-state index contributed by atoms with van der Waals surface area (Å²) in [6.07, 6.45) is -9.75. The van der Waals surface area contributed by atoms with Crippen LogP contribution in [0.5, 0.6) is 0 Å². The maximum absolute atomic E-state index is 15.0. The fourth-order valence-electron chi connectivity index (χ4n) is 3.54. The van der Waals surface area contributed by atoms with E-state index in [1.165, 1.54) is 25.6 Å². The van der Waals surface area contributed by atoms with Gasteiger partial charge in [0.15, 0.2) is 0 Å². The maximum Gasteiger partial charge on any atom is 0.417 e. The van der Waals surface area contributed by atoms with Crippen LogP contribution in [-0.2, 0) is 6.18 Å². The fourth-order valence-corrected chi connectivity index (χ4v) is 4.33. The first-order valence-corrected chi connectivity index (χ1v) is 12.4. The van der Waals surface area contributed by atoms with E-state index in [9.17, 15) is 35.5 Å². The van der Waals surface area contributed by atoms with Crippen molar-refractivity contribution in [3.63, 3.8) is 0 Å². The highest BCUT2D eigenvalue weighted by Crippen LogP contribution is 2.41. The van der Waals surface area contributed by atoms with Crippen molar-refractivity contribution in [1.29, 1.82) is 0 Å². The summed E-state index contributed by atoms with van der Waals surface area (Å²) in [5, 5.41) is 2.71. The first kappa shape index (κ1) is 30.0. The number of aryl methyl sites for hydroxylation is 2. The molecular weight excluding hydrogens is 531 g/mol. The van der Waals surface area contributed by atoms with Crippen molar-refractivity contribution >= 4 is 35.1 Å². The monoisotopic (exact) mass is 555 g/mol. The van der Waals surface area contributed by atoms with E-state index in [4.69, 9.17) is 11.6 Å². The van der Waals surface area contributed by atoms with Crippen molar-refractivity contribution in [3.05, 3.63) is 74.8 Å². The van der Waals surface area contributed by atoms with Gasteiger partial charge >= 0.3 is 12.4 Å². The zero-order valence-electron chi connectivity index (χ0n) is 19.9. The summed E-state index contributed by atoms with van der Waals surface area (Å²) in [4.78, 5) is 12.5. The summed E-state index contributed by atoms with van der Waals surface area (Å²) in [5.74, 6) is -3.72. The first-order chi connectivity index (χ1) is 16.6. The van der Waals surface area contributed by atoms with Gasteiger partial charge in [0.1, 0.15) is 11.7 Å². The molecule has 0 heterocycles. The summed E-state index contributed by atoms with van der Waals surface area (Å²) < 4.78 is 97.6. The van der Waals surface area contributed by atoms with Gasteiger partial charge in [0.05, 0.1) is 11.1 Å². The standard InChI is InChI=1S/C25H25ClF7NOS/c1-5-36-12-15(4)34-23(35)18-7-6-16(10-20(18)25(31,32)33)21(27)11-19(24(28,29)30)17-8-13(2)22(26)14(3)9-17/h6-11,15,19H,5,12H2,1-4H3,(H,34,35)/b21-11-/t15-,19?/m1/s1. The maximum atomic E-state index is 15.0. The Bertz CT molecular complexity index is 1110. The molecule has 2 atom stereocenters. The lowest BCUT2D eigenvalue weighted by Crippen LogP contribution is -2.35. The number of allylic oxidation sites excluding steroid dienone is 1. The highest BCUT2D eigenvalue weighted by molar-refractivity contribution is 7.99. The minimum Gasteiger partial charge on any atom is -0.349 e. The Hall–Kier alpha value is -2.20. The number of carbonyl (C=O) groups excluding carboxylic acids is 1. The Balaban J connectivity index is 2.51. The molecule has 0 aliphatic heterocycles. The second-order valence-electron chi connectivity index (χ2n) is 8.29. The van der Waals surface area contributed by atoms with Crippen LogP contribution in [-0.4, -0.2) is 29.6 Å². The SMILES string of the molecule is CCSC[C@@H](C)NC(=O)c1ccc(/C(F)=C/C(c2cc(C)c(Cl)c(C)c2)C(F)(F)F)cc1C(F)(F)F. The van der Waals surface area contributed by atoms with Crippen molar-refractivity contribution in [2.75, 3.05) is 11.5 Å². The van der Waals surface area contributed by atoms with E-state index in [1.807, 2.05) is 6.92 Å². The van der Waals surface area contributed by atoms with E-state index in [0.29, 0.717) is 22.9 Å². The molecule has 0 spiro atoms. The second kappa shape index (κ2) is 11.9. The molecule has 0 saturated carbocycles. The number of rotatable bonds is 8. The molecule has 0 aliphatic carbocycles. The number of hydrogen-bond acceptors (Lipinski definition) is 2. The summed E-state index contributed by atoms with van der Waals surface area (Å²) in [6, 6.07) is 3.84. The number of halogens is 8. The highest BCUT2D eigenvalue weighted by Gasteiger charge is 2.41. The topological polar surface area (TPSA) is 29.1 Å². The number of thioether (sulfide) groups is 1. The van der Waals surface area contributed by atoms with Gasteiger partial charge in [-0.2, -0.15) is 38.1 Å². The minimum absolute atomic E-state index is 0.224. The van der Waals surface area contributed by atoms with Crippen molar-refractivity contribution in [2.24, 2.45) is 0 Å². The molecule has 2 rings (SSSR count). The van der Waals surface area contributed by atoms with Crippen LogP contribution >= 0.6 is 23.4 Å². The van der Waals surface area contributed by atoms with Crippen molar-refractivity contribution in [2.45, 2.75) is 52.0 Å². The number of benzene rings is 2. The molecule has 0 fully saturated rings. The zero-order valence-corrected chi connectivity index (χ0v) is 21.4. The molecule has 0 aliphatic rings. The number of amides is 1. The van der Waals surface area contributed by atoms with Crippen molar-refractivity contribution in [1.82, 2.24) is 5.32 Å². The summed E-state index contributed by atoms with van der Waals surface area (Å²) >= 11 is 7.50. The summed E-state index contributed by atoms with van der Waals surface area (Å²) in [5.41, 5.74) is -2.54. The quantitative estimate of drug-likeness (QED) is 0.331. The van der Waals surface area contributed by atoms with Gasteiger partial charge in [-0.05, 0) is 61.4 Å². The van der Waals surface area contributed by atoms with Crippen LogP contribution in [0, 0.1) is 13.8 Å². The Kier molecular flexibility index (Phi) is 9.92. The van der Waals surface area contributed by atoms with Gasteiger partial charge in [-0.1, -0.05) is 36.7 Å². The molecule has 11 heteroatoms. The Morgan fingerprint density at radius 2 is 1.67 bits per heavy atom. The van der Waals surface area contributed by atoms with Crippen LogP contribution in [0.3, 0.4) is 0 Å². The van der Waals surface area contributed by atoms with E-state index >= 15 is 0 Å². The highest BCUT2D eigenvalue weighted by atomic mass is 35.5. The number of alkyl halides is 6. The van der Waals surface area contributed by atoms with Crippen LogP contribution in [0.25, 0.3) is 5.83 Å². The Labute approximate surface area is 214 Å². The van der Waals surface area contributed by atoms with Gasteiger partial charge < -0.3 is 5.32 Å². The predicted octanol–water partition coefficient (Wildman–Crippen LogP) is 8.50. The average molecular weight is 556 g/mol. The van der Waals surface area contributed by atoms with Gasteiger partial charge in [-0.15, -0.1) is 0 Å². The molecule has 1 N–H and O–H groups in total. The Morgan fingerprint density at radius 1 is 1.08 bits per heavy atom. The van der Waals surface area contributed by atoms with Crippen molar-refractivity contribution in [3.8, 4) is 0 Å². The van der Waals surface area contributed by atoms with Crippen LogP contribution < -0.4 is 5.32 Å². The van der Waals surface area contributed by atoms with Gasteiger partial charge in [0.2, 0.25) is 0 Å². The van der Waals surface area contributed by atoms with Gasteiger partial charge in [0, 0.05) is 22.4 Å². The van der Waals surface area contributed by atoms with Crippen LogP contribution in [0.4, 0.5) is 30.7 Å². The van der Waals surface area contributed by atoms with Gasteiger partial charge in [-0.25, -0.2) is 4.39 Å². The number of nitrogens with one attached hydrogen (secondary N) is 1. The lowest BCUT2D eigenvalue weighted by atomic mass is 9.93. The predicted molar refractivity (Wildman–Crippen MR) is 130 cm³/mol. The smallest absolute Gasteiger partial charge is 0.349 e. The molecule has 0 aromatic heterocycles. The molecule has 1 amide bonds. The second-order valence-corrected chi connectivity index (χ2v) is 9.99. The van der Waals surface area contributed by atoms with E-state index in [0.717, 1.165) is 30.0 Å². The molecule has 36 heavy (non-hydrogen) atoms. The first-order valence-electron chi connectivity index (χ1n) is 10.9. The number of hydrogen-bond donors (Lipinski definition) is 1. The molecule has 0 radical (unpaired) electrons. The van der Waals surface area contributed by atoms with Gasteiger partial charge in [0.25, 0.3) is 5.91 Å². The molecular formula is C25H25ClF7NOS. The van der Waals surface area contributed by atoms with Crippen LogP contribution in [0.15, 0.2) is 36.4 Å². The number of carbonyl (C=O) groups is 1. The minimum atomic E-state index is -5.04. The van der Waals surface area contributed by atoms with E-state index in [1.54, 1.807) is 6.92 Å². The molecule has 198 valence electrons. The third-order valence-electron chi connectivity index (χ3n) is 5.28. The molecule has 2 aromatic carbocycles. The van der Waals surface area contributed by atoms with E-state index < -0.39 is 52.7 Å². The third kappa shape index (κ3) is 7.65. The average Bonchev–Trinajstić information content (AvgIpc) is 2.77. The van der Waals surface area contributed by atoms with Crippen LogP contribution in [0.2, 0.25) is 5.02 Å². The van der Waals surface area contributed by atoms with Crippen LogP contribution in [0.1, 0.15) is 57.9 Å². The molecule has 1 unspecified atom stereocenters. The summed E-state index contributed by atoms with van der Waals surface area (Å²) in [6.45, 7) is 6.50. The molecule has 0 saturated heterocycles. The van der Waals surface area contributed by atoms with Crippen molar-refractivity contribution < 1.29 is 35.5 Å².